The van der Waals surface area contributed by atoms with Crippen LogP contribution in [0.3, 0.4) is 0 Å². The fourth-order valence-electron chi connectivity index (χ4n) is 0.320. The Morgan fingerprint density at radius 3 is 2.25 bits per heavy atom. The molecular weight excluding hydrogens is 136 g/mol. The maximum absolute atomic E-state index is 4.93. The van der Waals surface area contributed by atoms with Gasteiger partial charge in [-0.3, -0.25) is 0 Å². The quantitative estimate of drug-likeness (QED) is 0.466. The van der Waals surface area contributed by atoms with Gasteiger partial charge in [-0.05, 0) is 26.0 Å². The first kappa shape index (κ1) is 8.53. The van der Waals surface area contributed by atoms with Gasteiger partial charge in [0.15, 0.2) is 0 Å². The van der Waals surface area contributed by atoms with Crippen molar-refractivity contribution in [3.05, 3.63) is 0 Å². The first-order chi connectivity index (χ1) is 3.62. The van der Waals surface area contributed by atoms with Gasteiger partial charge in [0.1, 0.15) is 0 Å². The lowest BCUT2D eigenvalue weighted by Gasteiger charge is -2.21. The maximum Gasteiger partial charge on any atom is 0.246 e. The van der Waals surface area contributed by atoms with Crippen LogP contribution in [0.25, 0.3) is 0 Å². The molecule has 0 spiro atoms. The minimum absolute atomic E-state index is 0.0708. The average molecular weight is 147 g/mol. The van der Waals surface area contributed by atoms with Crippen LogP contribution in [0.5, 0.6) is 0 Å². The summed E-state index contributed by atoms with van der Waals surface area (Å²) in [5.41, 5.74) is -0.0708. The molecule has 0 unspecified atom stereocenters. The molecule has 0 aliphatic rings. The lowest BCUT2D eigenvalue weighted by molar-refractivity contribution is 0.121. The molecule has 47 valence electrons. The Morgan fingerprint density at radius 1 is 1.62 bits per heavy atom. The van der Waals surface area contributed by atoms with Crippen LogP contribution >= 0.6 is 12.6 Å². The molecule has 0 rings (SSSR count). The van der Waals surface area contributed by atoms with Gasteiger partial charge in [0.25, 0.3) is 0 Å². The first-order valence-electron chi connectivity index (χ1n) is 2.58. The van der Waals surface area contributed by atoms with Gasteiger partial charge in [-0.2, -0.15) is 12.6 Å². The highest BCUT2D eigenvalue weighted by atomic mass is 32.1. The summed E-state index contributed by atoms with van der Waals surface area (Å²) in [6.07, 6.45) is 0.958. The van der Waals surface area contributed by atoms with Crippen molar-refractivity contribution in [1.29, 1.82) is 0 Å². The highest BCUT2D eigenvalue weighted by molar-refractivity contribution is 7.80. The normalized spacial score (nSPS) is 12.0. The summed E-state index contributed by atoms with van der Waals surface area (Å²) in [5, 5.41) is 0. The van der Waals surface area contributed by atoms with Crippen LogP contribution in [-0.2, 0) is 4.43 Å². The van der Waals surface area contributed by atoms with Gasteiger partial charge in [-0.25, -0.2) is 0 Å². The van der Waals surface area contributed by atoms with Gasteiger partial charge in [0, 0.05) is 0 Å². The molecule has 0 aliphatic carbocycles. The molecular formula is C5H11OSSi. The largest absolute Gasteiger partial charge is 0.414 e. The molecule has 0 saturated heterocycles. The van der Waals surface area contributed by atoms with E-state index in [1.165, 1.54) is 0 Å². The summed E-state index contributed by atoms with van der Waals surface area (Å²) in [6, 6.07) is 0. The number of thiol groups is 1. The number of rotatable bonds is 3. The molecule has 0 aromatic heterocycles. The Hall–Kier alpha value is 0.527. The van der Waals surface area contributed by atoms with Crippen LogP contribution in [0.15, 0.2) is 0 Å². The van der Waals surface area contributed by atoms with Crippen LogP contribution < -0.4 is 0 Å². The van der Waals surface area contributed by atoms with Crippen molar-refractivity contribution in [3.63, 3.8) is 0 Å². The van der Waals surface area contributed by atoms with Crippen LogP contribution in [0.4, 0.5) is 0 Å². The van der Waals surface area contributed by atoms with Crippen molar-refractivity contribution >= 4 is 23.1 Å². The average Bonchev–Trinajstić information content (AvgIpc) is 1.67. The van der Waals surface area contributed by atoms with E-state index in [-0.39, 0.29) is 5.60 Å². The molecule has 0 saturated carbocycles. The minimum atomic E-state index is -0.0708. The van der Waals surface area contributed by atoms with Crippen molar-refractivity contribution in [2.75, 3.05) is 5.75 Å². The van der Waals surface area contributed by atoms with E-state index in [9.17, 15) is 0 Å². The monoisotopic (exact) mass is 147 g/mol. The van der Waals surface area contributed by atoms with Crippen LogP contribution in [0.1, 0.15) is 20.3 Å². The van der Waals surface area contributed by atoms with Crippen molar-refractivity contribution < 1.29 is 4.43 Å². The summed E-state index contributed by atoms with van der Waals surface area (Å²) in [7, 11) is 2.98. The third-order valence-electron chi connectivity index (χ3n) is 0.990. The van der Waals surface area contributed by atoms with Gasteiger partial charge < -0.3 is 4.43 Å². The molecule has 0 amide bonds. The minimum Gasteiger partial charge on any atom is -0.414 e. The zero-order valence-electron chi connectivity index (χ0n) is 5.27. The lowest BCUT2D eigenvalue weighted by atomic mass is 10.1. The van der Waals surface area contributed by atoms with Crippen molar-refractivity contribution in [2.45, 2.75) is 25.9 Å². The molecule has 0 atom stereocenters. The third-order valence-corrected chi connectivity index (χ3v) is 1.77. The predicted octanol–water partition coefficient (Wildman–Crippen LogP) is 1.18. The van der Waals surface area contributed by atoms with E-state index in [0.29, 0.717) is 0 Å². The van der Waals surface area contributed by atoms with Crippen molar-refractivity contribution in [3.8, 4) is 0 Å². The second kappa shape index (κ2) is 3.53. The summed E-state index contributed by atoms with van der Waals surface area (Å²) in [4.78, 5) is 0. The summed E-state index contributed by atoms with van der Waals surface area (Å²) in [5.74, 6) is 0.859. The summed E-state index contributed by atoms with van der Waals surface area (Å²) in [6.45, 7) is 4.02. The fourth-order valence-corrected chi connectivity index (χ4v) is 0.961. The SMILES string of the molecule is CC(C)(CCS)O[Si]. The molecule has 3 radical (unpaired) electrons. The topological polar surface area (TPSA) is 9.23 Å². The summed E-state index contributed by atoms with van der Waals surface area (Å²) >= 11 is 4.07. The first-order valence-corrected chi connectivity index (χ1v) is 3.62. The Kier molecular flexibility index (Phi) is 3.77. The maximum atomic E-state index is 4.93. The smallest absolute Gasteiger partial charge is 0.246 e. The van der Waals surface area contributed by atoms with E-state index in [0.717, 1.165) is 12.2 Å². The van der Waals surface area contributed by atoms with Crippen molar-refractivity contribution in [1.82, 2.24) is 0 Å². The van der Waals surface area contributed by atoms with E-state index in [4.69, 9.17) is 4.43 Å². The Balaban J connectivity index is 3.37. The second-order valence-electron chi connectivity index (χ2n) is 2.34. The Bertz CT molecular complexity index is 65.4. The van der Waals surface area contributed by atoms with Crippen LogP contribution in [0.2, 0.25) is 0 Å². The van der Waals surface area contributed by atoms with Gasteiger partial charge in [-0.1, -0.05) is 0 Å². The number of hydrogen-bond acceptors (Lipinski definition) is 2. The molecule has 0 bridgehead atoms. The zero-order valence-corrected chi connectivity index (χ0v) is 7.16. The van der Waals surface area contributed by atoms with Gasteiger partial charge in [-0.15, -0.1) is 0 Å². The molecule has 3 heteroatoms. The fraction of sp³-hybridized carbons (Fsp3) is 1.00. The Labute approximate surface area is 59.8 Å². The van der Waals surface area contributed by atoms with E-state index in [2.05, 4.69) is 23.1 Å². The molecule has 0 heterocycles. The van der Waals surface area contributed by atoms with E-state index in [1.54, 1.807) is 0 Å². The van der Waals surface area contributed by atoms with Crippen LogP contribution in [0, 0.1) is 0 Å². The Morgan fingerprint density at radius 2 is 2.12 bits per heavy atom. The summed E-state index contributed by atoms with van der Waals surface area (Å²) < 4.78 is 4.93. The zero-order chi connectivity index (χ0) is 6.62. The molecule has 8 heavy (non-hydrogen) atoms. The lowest BCUT2D eigenvalue weighted by Crippen LogP contribution is -2.23. The molecule has 0 aromatic carbocycles. The van der Waals surface area contributed by atoms with E-state index < -0.39 is 0 Å². The van der Waals surface area contributed by atoms with Gasteiger partial charge >= 0.3 is 0 Å². The molecule has 0 N–H and O–H groups in total. The molecule has 0 aromatic rings. The van der Waals surface area contributed by atoms with Crippen molar-refractivity contribution in [2.24, 2.45) is 0 Å². The highest BCUT2D eigenvalue weighted by Crippen LogP contribution is 2.12. The third kappa shape index (κ3) is 3.52. The predicted molar refractivity (Wildman–Crippen MR) is 39.4 cm³/mol. The highest BCUT2D eigenvalue weighted by Gasteiger charge is 2.13. The molecule has 0 fully saturated rings. The van der Waals surface area contributed by atoms with Gasteiger partial charge in [0.2, 0.25) is 10.5 Å². The number of hydrogen-bond donors (Lipinski definition) is 1. The second-order valence-corrected chi connectivity index (χ2v) is 2.99. The standard InChI is InChI=1S/C5H11OSSi/c1-5(2,6-8)3-4-7/h7H,3-4H2,1-2H3. The van der Waals surface area contributed by atoms with Crippen LogP contribution in [-0.4, -0.2) is 21.8 Å². The molecule has 0 aliphatic heterocycles. The molecule has 1 nitrogen and oxygen atoms in total. The van der Waals surface area contributed by atoms with E-state index in [1.807, 2.05) is 13.8 Å². The van der Waals surface area contributed by atoms with Gasteiger partial charge in [0.05, 0.1) is 5.60 Å². The van der Waals surface area contributed by atoms with E-state index >= 15 is 0 Å².